The molecule has 0 aliphatic carbocycles. The quantitative estimate of drug-likeness (QED) is 0.426. The van der Waals surface area contributed by atoms with Crippen LogP contribution in [-0.4, -0.2) is 11.8 Å². The van der Waals surface area contributed by atoms with Crippen LogP contribution in [0.1, 0.15) is 12.8 Å². The van der Waals surface area contributed by atoms with Crippen molar-refractivity contribution in [1.29, 1.82) is 0 Å². The van der Waals surface area contributed by atoms with Crippen LogP contribution in [0.4, 0.5) is 0 Å². The Morgan fingerprint density at radius 2 is 1.50 bits per heavy atom. The molecular weight excluding hydrogens is 202 g/mol. The minimum absolute atomic E-state index is 0. The maximum absolute atomic E-state index is 10.1. The molecule has 0 bridgehead atoms. The van der Waals surface area contributed by atoms with Crippen molar-refractivity contribution >= 4 is 11.8 Å². The summed E-state index contributed by atoms with van der Waals surface area (Å²) in [4.78, 5) is 20.2. The van der Waals surface area contributed by atoms with E-state index in [4.69, 9.17) is 0 Å². The normalized spacial score (nSPS) is 17.5. The Morgan fingerprint density at radius 1 is 1.12 bits per heavy atom. The molecule has 3 nitrogen and oxygen atoms in total. The number of nitrogens with one attached hydrogen (secondary N) is 1. The van der Waals surface area contributed by atoms with Gasteiger partial charge in [-0.05, 0) is 0 Å². The predicted octanol–water partition coefficient (Wildman–Crippen LogP) is -0.579. The Kier molecular flexibility index (Phi) is 2.97. The molecule has 0 aromatic heterocycles. The van der Waals surface area contributed by atoms with Crippen LogP contribution in [0.5, 0.6) is 0 Å². The maximum Gasteiger partial charge on any atom is 1.00 e. The number of rotatable bonds is 0. The topological polar surface area (TPSA) is 46.2 Å². The molecule has 1 saturated heterocycles. The summed E-state index contributed by atoms with van der Waals surface area (Å²) in [6.07, 6.45) is 0.748. The van der Waals surface area contributed by atoms with Gasteiger partial charge in [0, 0.05) is 12.8 Å². The fourth-order valence-corrected chi connectivity index (χ4v) is 0.508. The number of imide groups is 1. The predicted molar refractivity (Wildman–Crippen MR) is 22.4 cm³/mol. The van der Waals surface area contributed by atoms with Crippen molar-refractivity contribution in [3.63, 3.8) is 0 Å². The first-order chi connectivity index (χ1) is 3.29. The van der Waals surface area contributed by atoms with Crippen molar-refractivity contribution in [3.05, 3.63) is 0 Å². The molecule has 1 rings (SSSR count). The standard InChI is InChI=1S/C4H5NO2.Ag/c6-3-1-2-4(7)5-3;/h1-2H2,(H,5,6,7);/q;+1. The largest absolute Gasteiger partial charge is 1.00 e. The van der Waals surface area contributed by atoms with Crippen LogP contribution in [-0.2, 0) is 32.0 Å². The monoisotopic (exact) mass is 206 g/mol. The molecule has 0 atom stereocenters. The van der Waals surface area contributed by atoms with Crippen molar-refractivity contribution in [2.24, 2.45) is 0 Å². The van der Waals surface area contributed by atoms with Crippen molar-refractivity contribution < 1.29 is 32.0 Å². The van der Waals surface area contributed by atoms with Crippen LogP contribution in [0, 0.1) is 0 Å². The summed E-state index contributed by atoms with van der Waals surface area (Å²) in [7, 11) is 0. The van der Waals surface area contributed by atoms with Crippen LogP contribution in [0.3, 0.4) is 0 Å². The Morgan fingerprint density at radius 3 is 1.62 bits per heavy atom. The third-order valence-corrected chi connectivity index (χ3v) is 0.858. The van der Waals surface area contributed by atoms with Gasteiger partial charge in [0.1, 0.15) is 0 Å². The zero-order valence-electron chi connectivity index (χ0n) is 4.03. The molecule has 1 aliphatic heterocycles. The second-order valence-electron chi connectivity index (χ2n) is 1.47. The van der Waals surface area contributed by atoms with Crippen molar-refractivity contribution in [1.82, 2.24) is 5.32 Å². The summed E-state index contributed by atoms with van der Waals surface area (Å²) >= 11 is 0. The Bertz CT molecular complexity index is 109. The van der Waals surface area contributed by atoms with Crippen LogP contribution in [0.25, 0.3) is 0 Å². The molecule has 1 heterocycles. The average Bonchev–Trinajstić information content (AvgIpc) is 1.87. The second kappa shape index (κ2) is 3.02. The molecule has 1 fully saturated rings. The van der Waals surface area contributed by atoms with Gasteiger partial charge in [0.15, 0.2) is 0 Å². The smallest absolute Gasteiger partial charge is 0.296 e. The average molecular weight is 207 g/mol. The van der Waals surface area contributed by atoms with E-state index >= 15 is 0 Å². The van der Waals surface area contributed by atoms with Gasteiger partial charge < -0.3 is 0 Å². The van der Waals surface area contributed by atoms with Gasteiger partial charge in [-0.15, -0.1) is 0 Å². The SMILES string of the molecule is O=C1CCC(=O)N1.[Ag+]. The molecule has 1 N–H and O–H groups in total. The van der Waals surface area contributed by atoms with E-state index in [0.29, 0.717) is 12.8 Å². The molecule has 2 amide bonds. The summed E-state index contributed by atoms with van der Waals surface area (Å²) in [5, 5.41) is 2.14. The first-order valence-corrected chi connectivity index (χ1v) is 2.12. The fraction of sp³-hybridized carbons (Fsp3) is 0.500. The van der Waals surface area contributed by atoms with Gasteiger partial charge >= 0.3 is 22.4 Å². The number of carbonyl (C=O) groups is 2. The van der Waals surface area contributed by atoms with Crippen LogP contribution >= 0.6 is 0 Å². The summed E-state index contributed by atoms with van der Waals surface area (Å²) in [5.41, 5.74) is 0. The van der Waals surface area contributed by atoms with Crippen LogP contribution < -0.4 is 5.32 Å². The number of carbonyl (C=O) groups excluding carboxylic acids is 2. The van der Waals surface area contributed by atoms with E-state index in [1.165, 1.54) is 0 Å². The van der Waals surface area contributed by atoms with Crippen LogP contribution in [0.2, 0.25) is 0 Å². The molecule has 0 aromatic carbocycles. The van der Waals surface area contributed by atoms with Gasteiger partial charge in [-0.3, -0.25) is 14.9 Å². The molecule has 0 unspecified atom stereocenters. The number of hydrogen-bond donors (Lipinski definition) is 1. The van der Waals surface area contributed by atoms with E-state index in [-0.39, 0.29) is 34.2 Å². The molecule has 4 heteroatoms. The molecular formula is C4H5AgNO2+. The van der Waals surface area contributed by atoms with Gasteiger partial charge in [0.2, 0.25) is 11.8 Å². The molecule has 0 radical (unpaired) electrons. The molecule has 48 valence electrons. The third-order valence-electron chi connectivity index (χ3n) is 0.858. The number of hydrogen-bond acceptors (Lipinski definition) is 2. The minimum atomic E-state index is -0.148. The van der Waals surface area contributed by atoms with E-state index < -0.39 is 0 Å². The Hall–Kier alpha value is -0.120. The zero-order chi connectivity index (χ0) is 5.28. The Balaban J connectivity index is 0.000000490. The van der Waals surface area contributed by atoms with Crippen molar-refractivity contribution in [2.45, 2.75) is 12.8 Å². The van der Waals surface area contributed by atoms with Crippen molar-refractivity contribution in [2.75, 3.05) is 0 Å². The van der Waals surface area contributed by atoms with Crippen molar-refractivity contribution in [3.8, 4) is 0 Å². The van der Waals surface area contributed by atoms with E-state index in [1.807, 2.05) is 0 Å². The first kappa shape index (κ1) is 7.88. The minimum Gasteiger partial charge on any atom is -0.296 e. The summed E-state index contributed by atoms with van der Waals surface area (Å²) in [6, 6.07) is 0. The van der Waals surface area contributed by atoms with E-state index in [9.17, 15) is 9.59 Å². The zero-order valence-corrected chi connectivity index (χ0v) is 5.51. The number of amides is 2. The van der Waals surface area contributed by atoms with Crippen LogP contribution in [0.15, 0.2) is 0 Å². The fourth-order valence-electron chi connectivity index (χ4n) is 0.508. The maximum atomic E-state index is 10.1. The van der Waals surface area contributed by atoms with Gasteiger partial charge in [-0.2, -0.15) is 0 Å². The Labute approximate surface area is 62.3 Å². The van der Waals surface area contributed by atoms with Gasteiger partial charge in [0.05, 0.1) is 0 Å². The molecule has 0 saturated carbocycles. The van der Waals surface area contributed by atoms with E-state index in [1.54, 1.807) is 0 Å². The van der Waals surface area contributed by atoms with Gasteiger partial charge in [0.25, 0.3) is 0 Å². The second-order valence-corrected chi connectivity index (χ2v) is 1.47. The van der Waals surface area contributed by atoms with E-state index in [2.05, 4.69) is 5.32 Å². The third kappa shape index (κ3) is 1.78. The summed E-state index contributed by atoms with van der Waals surface area (Å²) in [5.74, 6) is -0.296. The van der Waals surface area contributed by atoms with Gasteiger partial charge in [-0.25, -0.2) is 0 Å². The molecule has 0 spiro atoms. The molecule has 1 aliphatic rings. The summed E-state index contributed by atoms with van der Waals surface area (Å²) < 4.78 is 0. The summed E-state index contributed by atoms with van der Waals surface area (Å²) in [6.45, 7) is 0. The molecule has 0 aromatic rings. The van der Waals surface area contributed by atoms with E-state index in [0.717, 1.165) is 0 Å². The first-order valence-electron chi connectivity index (χ1n) is 2.12. The van der Waals surface area contributed by atoms with Gasteiger partial charge in [-0.1, -0.05) is 0 Å². The molecule has 8 heavy (non-hydrogen) atoms.